The van der Waals surface area contributed by atoms with Gasteiger partial charge in [-0.05, 0) is 52.6 Å². The summed E-state index contributed by atoms with van der Waals surface area (Å²) in [6.07, 6.45) is -2.73. The minimum atomic E-state index is -4.55. The molecule has 1 amide bonds. The Morgan fingerprint density at radius 3 is 2.17 bits per heavy atom. The minimum Gasteiger partial charge on any atom is -0.389 e. The van der Waals surface area contributed by atoms with E-state index in [1.54, 1.807) is 18.7 Å². The Labute approximate surface area is 234 Å². The van der Waals surface area contributed by atoms with Gasteiger partial charge in [0.25, 0.3) is 12.3 Å². The quantitative estimate of drug-likeness (QED) is 0.266. The summed E-state index contributed by atoms with van der Waals surface area (Å²) in [5.74, 6) is -0.800. The van der Waals surface area contributed by atoms with Crippen molar-refractivity contribution in [1.29, 1.82) is 0 Å². The number of amides is 1. The summed E-state index contributed by atoms with van der Waals surface area (Å²) >= 11 is 0.777. The topological polar surface area (TPSA) is 107 Å². The molecule has 2 aliphatic heterocycles. The molecule has 14 heteroatoms. The second-order valence-corrected chi connectivity index (χ2v) is 10.8. The number of hydrogen-bond donors (Lipinski definition) is 3. The van der Waals surface area contributed by atoms with Crippen molar-refractivity contribution in [2.45, 2.75) is 83.7 Å². The lowest BCUT2D eigenvalue weighted by molar-refractivity contribution is -0.115. The molecule has 4 rings (SSSR count). The van der Waals surface area contributed by atoms with E-state index < -0.39 is 36.2 Å². The van der Waals surface area contributed by atoms with Crippen LogP contribution in [0, 0.1) is 0 Å². The van der Waals surface area contributed by atoms with E-state index in [4.69, 9.17) is 5.11 Å². The molecule has 2 aromatic rings. The number of likely N-dealkylation sites (N-methyl/N-ethyl adjacent to an activating group) is 1. The number of carbonyl (C=O) groups is 2. The molecule has 4 heterocycles. The molecular formula is C26H36F5N5O3S. The van der Waals surface area contributed by atoms with Crippen LogP contribution in [0.2, 0.25) is 0 Å². The van der Waals surface area contributed by atoms with Gasteiger partial charge in [-0.3, -0.25) is 9.59 Å². The van der Waals surface area contributed by atoms with E-state index in [-0.39, 0.29) is 39.0 Å². The van der Waals surface area contributed by atoms with E-state index in [1.807, 2.05) is 26.2 Å². The molecule has 0 spiro atoms. The zero-order valence-corrected chi connectivity index (χ0v) is 23.9. The van der Waals surface area contributed by atoms with Crippen LogP contribution in [-0.4, -0.2) is 76.2 Å². The van der Waals surface area contributed by atoms with Crippen LogP contribution in [0.3, 0.4) is 0 Å². The van der Waals surface area contributed by atoms with Gasteiger partial charge in [-0.25, -0.2) is 18.7 Å². The van der Waals surface area contributed by atoms with Crippen molar-refractivity contribution in [3.8, 4) is 10.4 Å². The number of rotatable bonds is 8. The van der Waals surface area contributed by atoms with Gasteiger partial charge in [0.1, 0.15) is 18.1 Å². The predicted molar refractivity (Wildman–Crippen MR) is 144 cm³/mol. The van der Waals surface area contributed by atoms with Crippen LogP contribution in [0.5, 0.6) is 0 Å². The third-order valence-corrected chi connectivity index (χ3v) is 7.14. The maximum atomic E-state index is 13.8. The van der Waals surface area contributed by atoms with Crippen molar-refractivity contribution in [2.75, 3.05) is 25.5 Å². The van der Waals surface area contributed by atoms with Gasteiger partial charge >= 0.3 is 6.18 Å². The van der Waals surface area contributed by atoms with Crippen molar-refractivity contribution in [1.82, 2.24) is 20.2 Å². The number of hydrogen-bond acceptors (Lipinski definition) is 8. The van der Waals surface area contributed by atoms with Gasteiger partial charge in [0.05, 0.1) is 10.5 Å². The van der Waals surface area contributed by atoms with Crippen molar-refractivity contribution in [3.63, 3.8) is 0 Å². The molecular weight excluding hydrogens is 557 g/mol. The van der Waals surface area contributed by atoms with E-state index in [0.29, 0.717) is 12.8 Å². The van der Waals surface area contributed by atoms with E-state index in [0.717, 1.165) is 49.3 Å². The highest BCUT2D eigenvalue weighted by Gasteiger charge is 2.44. The molecule has 2 aliphatic rings. The van der Waals surface area contributed by atoms with Crippen LogP contribution in [0.1, 0.15) is 85.7 Å². The highest BCUT2D eigenvalue weighted by molar-refractivity contribution is 7.17. The second-order valence-electron chi connectivity index (χ2n) is 9.79. The summed E-state index contributed by atoms with van der Waals surface area (Å²) in [4.78, 5) is 34.1. The number of carbonyl (C=O) groups excluding carboxylic acids is 2. The predicted octanol–water partition coefficient (Wildman–Crippen LogP) is 5.70. The lowest BCUT2D eigenvalue weighted by Gasteiger charge is -2.21. The highest BCUT2D eigenvalue weighted by Crippen LogP contribution is 2.42. The number of nitrogens with zero attached hydrogens (tertiary/aromatic N) is 3. The van der Waals surface area contributed by atoms with Gasteiger partial charge in [-0.2, -0.15) is 13.2 Å². The molecule has 8 nitrogen and oxygen atoms in total. The number of anilines is 1. The summed E-state index contributed by atoms with van der Waals surface area (Å²) in [5.41, 5.74) is -1.40. The van der Waals surface area contributed by atoms with Crippen molar-refractivity contribution < 1.29 is 36.6 Å². The first-order valence-electron chi connectivity index (χ1n) is 13.0. The zero-order valence-electron chi connectivity index (χ0n) is 23.1. The second kappa shape index (κ2) is 14.3. The summed E-state index contributed by atoms with van der Waals surface area (Å²) in [7, 11) is 1.82. The monoisotopic (exact) mass is 593 g/mol. The lowest BCUT2D eigenvalue weighted by Crippen LogP contribution is -2.35. The first-order valence-corrected chi connectivity index (χ1v) is 13.8. The number of thiazole rings is 1. The largest absolute Gasteiger partial charge is 0.405 e. The van der Waals surface area contributed by atoms with E-state index in [1.165, 1.54) is 0 Å². The molecule has 2 fully saturated rings. The molecule has 0 aromatic carbocycles. The molecule has 0 saturated carbocycles. The Kier molecular flexibility index (Phi) is 11.9. The maximum absolute atomic E-state index is 13.8. The number of aldehydes is 1. The zero-order chi connectivity index (χ0) is 30.3. The Balaban J connectivity index is 0.000000545. The first kappa shape index (κ1) is 33.5. The van der Waals surface area contributed by atoms with Crippen LogP contribution in [0.25, 0.3) is 10.4 Å². The maximum Gasteiger partial charge on any atom is 0.405 e. The van der Waals surface area contributed by atoms with E-state index in [2.05, 4.69) is 15.3 Å². The van der Waals surface area contributed by atoms with Crippen LogP contribution in [0.15, 0.2) is 12.3 Å². The minimum absolute atomic E-state index is 0.0515. The third kappa shape index (κ3) is 8.90. The van der Waals surface area contributed by atoms with Gasteiger partial charge in [0, 0.05) is 36.0 Å². The SMILES string of the molecule is CC.CNCC(C)(C)O.O=Cc1nc(C(=O)N2C3CCC2CC3)c(-c2cnc(NCC(F)(F)F)cc2C(F)F)s1. The van der Waals surface area contributed by atoms with Crippen molar-refractivity contribution in [2.24, 2.45) is 0 Å². The number of aromatic nitrogens is 2. The van der Waals surface area contributed by atoms with Crippen LogP contribution in [0.4, 0.5) is 27.8 Å². The number of alkyl halides is 5. The number of fused-ring (bicyclic) bond motifs is 2. The Bertz CT molecular complexity index is 1120. The summed E-state index contributed by atoms with van der Waals surface area (Å²) in [5, 5.41) is 13.7. The molecule has 0 aliphatic carbocycles. The van der Waals surface area contributed by atoms with E-state index >= 15 is 0 Å². The average Bonchev–Trinajstić information content (AvgIpc) is 3.62. The van der Waals surface area contributed by atoms with Crippen molar-refractivity contribution >= 4 is 29.3 Å². The number of aliphatic hydroxyl groups is 1. The third-order valence-electron chi connectivity index (χ3n) is 6.13. The highest BCUT2D eigenvalue weighted by atomic mass is 32.1. The first-order chi connectivity index (χ1) is 18.7. The average molecular weight is 594 g/mol. The molecule has 224 valence electrons. The van der Waals surface area contributed by atoms with E-state index in [9.17, 15) is 31.5 Å². The van der Waals surface area contributed by atoms with Gasteiger partial charge in [0.15, 0.2) is 11.3 Å². The number of halogens is 5. The summed E-state index contributed by atoms with van der Waals surface area (Å²) in [6.45, 7) is 6.75. The molecule has 2 saturated heterocycles. The molecule has 2 bridgehead atoms. The summed E-state index contributed by atoms with van der Waals surface area (Å²) in [6, 6.07) is 0.946. The van der Waals surface area contributed by atoms with Crippen LogP contribution >= 0.6 is 11.3 Å². The standard InChI is InChI=1S/C19H17F5N4O2S.C5H13NO.C2H6/c20-17(21)11-5-13(26-8-19(22,23)24)25-6-12(11)16-15(27-14(7-29)31-16)18(30)28-9-1-2-10(28)4-3-9;1-5(2,7)4-6-3;1-2/h5-7,9-10,17H,1-4,8H2,(H,25,26);6-7H,4H2,1-3H3;1-2H3. The van der Waals surface area contributed by atoms with Crippen LogP contribution in [-0.2, 0) is 0 Å². The molecule has 40 heavy (non-hydrogen) atoms. The Hall–Kier alpha value is -2.71. The molecule has 3 N–H and O–H groups in total. The molecule has 0 radical (unpaired) electrons. The Morgan fingerprint density at radius 2 is 1.75 bits per heavy atom. The Morgan fingerprint density at radius 1 is 1.18 bits per heavy atom. The van der Waals surface area contributed by atoms with Gasteiger partial charge in [-0.1, -0.05) is 13.8 Å². The van der Waals surface area contributed by atoms with Gasteiger partial charge < -0.3 is 20.6 Å². The fraction of sp³-hybridized carbons (Fsp3) is 0.615. The smallest absolute Gasteiger partial charge is 0.389 e. The number of nitrogens with one attached hydrogen (secondary N) is 2. The molecule has 2 aromatic heterocycles. The fourth-order valence-electron chi connectivity index (χ4n) is 4.64. The van der Waals surface area contributed by atoms with Gasteiger partial charge in [0.2, 0.25) is 0 Å². The number of pyridine rings is 1. The normalized spacial score (nSPS) is 18.1. The lowest BCUT2D eigenvalue weighted by atomic mass is 10.0. The van der Waals surface area contributed by atoms with Crippen molar-refractivity contribution in [3.05, 3.63) is 28.5 Å². The summed E-state index contributed by atoms with van der Waals surface area (Å²) < 4.78 is 64.8. The van der Waals surface area contributed by atoms with Gasteiger partial charge in [-0.15, -0.1) is 11.3 Å². The fourth-order valence-corrected chi connectivity index (χ4v) is 5.55. The molecule has 0 atom stereocenters. The van der Waals surface area contributed by atoms with Crippen LogP contribution < -0.4 is 10.6 Å². The molecule has 0 unspecified atom stereocenters.